The maximum absolute atomic E-state index is 12.4. The van der Waals surface area contributed by atoms with Crippen LogP contribution in [-0.2, 0) is 0 Å². The largest absolute Gasteiger partial charge is 0.492 e. The van der Waals surface area contributed by atoms with Crippen LogP contribution in [-0.4, -0.2) is 40.7 Å². The number of likely N-dealkylation sites (tertiary alicyclic amines) is 1. The van der Waals surface area contributed by atoms with Crippen LogP contribution in [0.4, 0.5) is 11.5 Å². The highest BCUT2D eigenvalue weighted by Gasteiger charge is 2.19. The summed E-state index contributed by atoms with van der Waals surface area (Å²) < 4.78 is 5.58. The number of hydrogen-bond donors (Lipinski definition) is 1. The number of para-hydroxylation sites is 2. The Morgan fingerprint density at radius 2 is 1.92 bits per heavy atom. The molecular weight excluding hydrogens is 304 g/mol. The number of rotatable bonds is 5. The zero-order valence-corrected chi connectivity index (χ0v) is 13.9. The van der Waals surface area contributed by atoms with Crippen LogP contribution in [0.2, 0.25) is 0 Å². The lowest BCUT2D eigenvalue weighted by molar-refractivity contribution is 0.0717. The highest BCUT2D eigenvalue weighted by Crippen LogP contribution is 2.26. The molecular formula is C18H22N4O2. The van der Waals surface area contributed by atoms with Gasteiger partial charge in [0.25, 0.3) is 5.91 Å². The van der Waals surface area contributed by atoms with Crippen molar-refractivity contribution < 1.29 is 9.53 Å². The van der Waals surface area contributed by atoms with Gasteiger partial charge in [-0.1, -0.05) is 12.1 Å². The van der Waals surface area contributed by atoms with Crippen LogP contribution in [0.15, 0.2) is 36.4 Å². The predicted octanol–water partition coefficient (Wildman–Crippen LogP) is 3.25. The van der Waals surface area contributed by atoms with Crippen molar-refractivity contribution in [2.75, 3.05) is 25.0 Å². The first-order valence-corrected chi connectivity index (χ1v) is 8.40. The molecule has 2 heterocycles. The first kappa shape index (κ1) is 16.2. The molecule has 0 radical (unpaired) electrons. The van der Waals surface area contributed by atoms with Crippen molar-refractivity contribution in [1.82, 2.24) is 15.1 Å². The number of anilines is 2. The number of benzene rings is 1. The summed E-state index contributed by atoms with van der Waals surface area (Å²) in [6, 6.07) is 11.1. The minimum atomic E-state index is -0.0385. The van der Waals surface area contributed by atoms with Gasteiger partial charge in [0.1, 0.15) is 5.75 Å². The van der Waals surface area contributed by atoms with E-state index in [9.17, 15) is 4.79 Å². The zero-order valence-electron chi connectivity index (χ0n) is 13.9. The van der Waals surface area contributed by atoms with Gasteiger partial charge in [0.05, 0.1) is 12.3 Å². The minimum absolute atomic E-state index is 0.0385. The van der Waals surface area contributed by atoms with Gasteiger partial charge in [-0.25, -0.2) is 0 Å². The van der Waals surface area contributed by atoms with Gasteiger partial charge in [-0.05, 0) is 50.5 Å². The second-order valence-corrected chi connectivity index (χ2v) is 5.71. The average Bonchev–Trinajstić information content (AvgIpc) is 2.64. The molecule has 3 rings (SSSR count). The van der Waals surface area contributed by atoms with Gasteiger partial charge in [0.2, 0.25) is 0 Å². The van der Waals surface area contributed by atoms with E-state index in [2.05, 4.69) is 15.5 Å². The van der Waals surface area contributed by atoms with E-state index in [1.165, 1.54) is 6.42 Å². The lowest BCUT2D eigenvalue weighted by Gasteiger charge is -2.26. The Labute approximate surface area is 141 Å². The molecule has 1 aliphatic heterocycles. The van der Waals surface area contributed by atoms with Crippen molar-refractivity contribution in [2.24, 2.45) is 0 Å². The van der Waals surface area contributed by atoms with Crippen LogP contribution in [0.1, 0.15) is 36.7 Å². The van der Waals surface area contributed by atoms with E-state index in [1.807, 2.05) is 36.1 Å². The molecule has 0 bridgehead atoms. The molecule has 2 aromatic rings. The van der Waals surface area contributed by atoms with Crippen molar-refractivity contribution in [1.29, 1.82) is 0 Å². The molecule has 1 amide bonds. The van der Waals surface area contributed by atoms with Crippen LogP contribution >= 0.6 is 0 Å². The third kappa shape index (κ3) is 3.82. The van der Waals surface area contributed by atoms with E-state index in [0.29, 0.717) is 18.1 Å². The average molecular weight is 326 g/mol. The Morgan fingerprint density at radius 3 is 2.62 bits per heavy atom. The number of piperidine rings is 1. The molecule has 0 atom stereocenters. The fraction of sp³-hybridized carbons (Fsp3) is 0.389. The first-order valence-electron chi connectivity index (χ1n) is 8.40. The van der Waals surface area contributed by atoms with Crippen molar-refractivity contribution in [3.8, 4) is 5.75 Å². The summed E-state index contributed by atoms with van der Waals surface area (Å²) in [5.41, 5.74) is 1.21. The molecule has 6 heteroatoms. The number of aromatic nitrogens is 2. The second kappa shape index (κ2) is 7.77. The van der Waals surface area contributed by atoms with E-state index in [-0.39, 0.29) is 5.91 Å². The molecule has 126 valence electrons. The number of ether oxygens (including phenoxy) is 1. The maximum Gasteiger partial charge on any atom is 0.274 e. The molecule has 6 nitrogen and oxygen atoms in total. The van der Waals surface area contributed by atoms with E-state index >= 15 is 0 Å². The normalized spacial score (nSPS) is 14.3. The quantitative estimate of drug-likeness (QED) is 0.913. The van der Waals surface area contributed by atoms with Gasteiger partial charge < -0.3 is 15.0 Å². The number of amides is 1. The Kier molecular flexibility index (Phi) is 5.25. The van der Waals surface area contributed by atoms with Crippen molar-refractivity contribution in [3.05, 3.63) is 42.1 Å². The van der Waals surface area contributed by atoms with E-state index in [4.69, 9.17) is 4.74 Å². The number of carbonyl (C=O) groups excluding carboxylic acids is 1. The van der Waals surface area contributed by atoms with E-state index < -0.39 is 0 Å². The van der Waals surface area contributed by atoms with E-state index in [1.54, 1.807) is 12.1 Å². The van der Waals surface area contributed by atoms with Crippen LogP contribution < -0.4 is 10.1 Å². The standard InChI is InChI=1S/C18H22N4O2/c1-2-24-16-9-5-4-8-14(16)19-17-11-10-15(20-21-17)18(23)22-12-6-3-7-13-22/h4-5,8-11H,2-3,6-7,12-13H2,1H3,(H,19,21). The predicted molar refractivity (Wildman–Crippen MR) is 92.7 cm³/mol. The minimum Gasteiger partial charge on any atom is -0.492 e. The monoisotopic (exact) mass is 326 g/mol. The van der Waals surface area contributed by atoms with Gasteiger partial charge in [0, 0.05) is 13.1 Å². The first-order chi connectivity index (χ1) is 11.8. The fourth-order valence-corrected chi connectivity index (χ4v) is 2.76. The van der Waals surface area contributed by atoms with Gasteiger partial charge in [-0.15, -0.1) is 10.2 Å². The highest BCUT2D eigenvalue weighted by atomic mass is 16.5. The molecule has 0 spiro atoms. The lowest BCUT2D eigenvalue weighted by atomic mass is 10.1. The molecule has 0 aliphatic carbocycles. The summed E-state index contributed by atoms with van der Waals surface area (Å²) in [7, 11) is 0. The van der Waals surface area contributed by atoms with Crippen LogP contribution in [0, 0.1) is 0 Å². The number of carbonyl (C=O) groups is 1. The molecule has 1 N–H and O–H groups in total. The van der Waals surface area contributed by atoms with Crippen LogP contribution in [0.5, 0.6) is 5.75 Å². The molecule has 24 heavy (non-hydrogen) atoms. The fourth-order valence-electron chi connectivity index (χ4n) is 2.76. The molecule has 1 aromatic carbocycles. The Morgan fingerprint density at radius 1 is 1.12 bits per heavy atom. The lowest BCUT2D eigenvalue weighted by Crippen LogP contribution is -2.36. The molecule has 1 saturated heterocycles. The summed E-state index contributed by atoms with van der Waals surface area (Å²) in [6.45, 7) is 4.15. The van der Waals surface area contributed by atoms with Gasteiger partial charge in [0.15, 0.2) is 11.5 Å². The Bertz CT molecular complexity index is 682. The third-order valence-electron chi connectivity index (χ3n) is 3.98. The third-order valence-corrected chi connectivity index (χ3v) is 3.98. The van der Waals surface area contributed by atoms with E-state index in [0.717, 1.165) is 37.4 Å². The summed E-state index contributed by atoms with van der Waals surface area (Å²) in [5, 5.41) is 11.4. The second-order valence-electron chi connectivity index (χ2n) is 5.71. The summed E-state index contributed by atoms with van der Waals surface area (Å²) in [5.74, 6) is 1.30. The van der Waals surface area contributed by atoms with Crippen molar-refractivity contribution >= 4 is 17.4 Å². The van der Waals surface area contributed by atoms with Gasteiger partial charge in [-0.3, -0.25) is 4.79 Å². The van der Waals surface area contributed by atoms with Crippen molar-refractivity contribution in [2.45, 2.75) is 26.2 Å². The number of nitrogens with zero attached hydrogens (tertiary/aromatic N) is 3. The Balaban J connectivity index is 1.69. The van der Waals surface area contributed by atoms with Crippen LogP contribution in [0.25, 0.3) is 0 Å². The molecule has 1 aliphatic rings. The number of nitrogens with one attached hydrogen (secondary N) is 1. The summed E-state index contributed by atoms with van der Waals surface area (Å²) >= 11 is 0. The molecule has 0 saturated carbocycles. The molecule has 1 fully saturated rings. The summed E-state index contributed by atoms with van der Waals surface area (Å²) in [4.78, 5) is 14.2. The summed E-state index contributed by atoms with van der Waals surface area (Å²) in [6.07, 6.45) is 3.32. The Hall–Kier alpha value is -2.63. The highest BCUT2D eigenvalue weighted by molar-refractivity contribution is 5.92. The smallest absolute Gasteiger partial charge is 0.274 e. The number of hydrogen-bond acceptors (Lipinski definition) is 5. The zero-order chi connectivity index (χ0) is 16.8. The van der Waals surface area contributed by atoms with Crippen molar-refractivity contribution in [3.63, 3.8) is 0 Å². The SMILES string of the molecule is CCOc1ccccc1Nc1ccc(C(=O)N2CCCCC2)nn1. The van der Waals surface area contributed by atoms with Crippen LogP contribution in [0.3, 0.4) is 0 Å². The van der Waals surface area contributed by atoms with Gasteiger partial charge in [-0.2, -0.15) is 0 Å². The molecule has 0 unspecified atom stereocenters. The maximum atomic E-state index is 12.4. The topological polar surface area (TPSA) is 67.3 Å². The van der Waals surface area contributed by atoms with Gasteiger partial charge >= 0.3 is 0 Å². The molecule has 1 aromatic heterocycles.